The van der Waals surface area contributed by atoms with Crippen LogP contribution in [0.2, 0.25) is 0 Å². The van der Waals surface area contributed by atoms with Gasteiger partial charge in [-0.1, -0.05) is 62.4 Å². The molecule has 0 saturated heterocycles. The molecule has 2 rings (SSSR count). The maximum Gasteiger partial charge on any atom is 0.359 e. The van der Waals surface area contributed by atoms with Crippen LogP contribution in [0.15, 0.2) is 54.6 Å². The van der Waals surface area contributed by atoms with E-state index >= 15 is 0 Å². The Morgan fingerprint density at radius 3 is 2.15 bits per heavy atom. The Bertz CT molecular complexity index is 780. The number of esters is 3. The second-order valence-corrected chi connectivity index (χ2v) is 6.36. The van der Waals surface area contributed by atoms with Gasteiger partial charge >= 0.3 is 17.9 Å². The molecule has 0 heterocycles. The smallest absolute Gasteiger partial charge is 0.359 e. The number of hydrogen-bond acceptors (Lipinski definition) is 5. The zero-order valence-electron chi connectivity index (χ0n) is 15.1. The number of carbonyl (C=O) groups is 3. The van der Waals surface area contributed by atoms with Crippen LogP contribution in [-0.2, 0) is 25.5 Å². The maximum atomic E-state index is 12.7. The van der Waals surface area contributed by atoms with Gasteiger partial charge in [0.15, 0.2) is 0 Å². The summed E-state index contributed by atoms with van der Waals surface area (Å²) < 4.78 is 10.1. The van der Waals surface area contributed by atoms with Crippen LogP contribution in [0, 0.1) is 5.92 Å². The second-order valence-electron chi connectivity index (χ2n) is 6.36. The predicted molar refractivity (Wildman–Crippen MR) is 96.4 cm³/mol. The van der Waals surface area contributed by atoms with Gasteiger partial charge in [-0.2, -0.15) is 0 Å². The first-order chi connectivity index (χ1) is 12.4. The molecule has 0 radical (unpaired) electrons. The average Bonchev–Trinajstić information content (AvgIpc) is 2.59. The maximum absolute atomic E-state index is 12.7. The molecule has 2 aromatic rings. The molecular weight excluding hydrogens is 332 g/mol. The van der Waals surface area contributed by atoms with E-state index < -0.39 is 24.0 Å². The Kier molecular flexibility index (Phi) is 6.67. The van der Waals surface area contributed by atoms with Gasteiger partial charge in [-0.3, -0.25) is 4.79 Å². The van der Waals surface area contributed by atoms with E-state index in [0.29, 0.717) is 23.5 Å². The summed E-state index contributed by atoms with van der Waals surface area (Å²) in [4.78, 5) is 36.1. The van der Waals surface area contributed by atoms with E-state index in [1.807, 2.05) is 12.1 Å². The average molecular weight is 354 g/mol. The Labute approximate surface area is 152 Å². The molecule has 2 aromatic carbocycles. The first-order valence-corrected chi connectivity index (χ1v) is 8.44. The van der Waals surface area contributed by atoms with Crippen molar-refractivity contribution in [2.24, 2.45) is 5.92 Å². The molecule has 5 nitrogen and oxygen atoms in total. The number of ether oxygens (including phenoxy) is 2. The van der Waals surface area contributed by atoms with Crippen molar-refractivity contribution in [2.75, 3.05) is 0 Å². The molecule has 0 amide bonds. The van der Waals surface area contributed by atoms with Crippen LogP contribution in [0.3, 0.4) is 0 Å². The van der Waals surface area contributed by atoms with Crippen molar-refractivity contribution in [2.45, 2.75) is 33.3 Å². The lowest BCUT2D eigenvalue weighted by Gasteiger charge is -2.18. The predicted octanol–water partition coefficient (Wildman–Crippen LogP) is 3.87. The Balaban J connectivity index is 2.30. The van der Waals surface area contributed by atoms with Gasteiger partial charge in [0, 0.05) is 12.5 Å². The summed E-state index contributed by atoms with van der Waals surface area (Å²) >= 11 is 0. The summed E-state index contributed by atoms with van der Waals surface area (Å²) in [6.45, 7) is 5.23. The molecule has 0 aromatic heterocycles. The Morgan fingerprint density at radius 1 is 0.923 bits per heavy atom. The second kappa shape index (κ2) is 8.94. The van der Waals surface area contributed by atoms with Gasteiger partial charge in [-0.25, -0.2) is 9.59 Å². The molecule has 0 N–H and O–H groups in total. The highest BCUT2D eigenvalue weighted by Gasteiger charge is 2.29. The number of carbonyl (C=O) groups excluding carboxylic acids is 3. The van der Waals surface area contributed by atoms with Crippen LogP contribution in [0.4, 0.5) is 0 Å². The fraction of sp³-hybridized carbons (Fsp3) is 0.286. The van der Waals surface area contributed by atoms with E-state index in [-0.39, 0.29) is 0 Å². The van der Waals surface area contributed by atoms with Crippen LogP contribution >= 0.6 is 0 Å². The standard InChI is InChI=1S/C21H22O5/c1-14(2)13-17-11-7-8-12-18(17)20(23)26-19(21(24)25-15(3)22)16-9-5-4-6-10-16/h4-12,14,19H,13H2,1-3H3. The molecule has 0 aliphatic heterocycles. The fourth-order valence-corrected chi connectivity index (χ4v) is 2.58. The van der Waals surface area contributed by atoms with Crippen molar-refractivity contribution in [3.8, 4) is 0 Å². The monoisotopic (exact) mass is 354 g/mol. The molecule has 0 bridgehead atoms. The van der Waals surface area contributed by atoms with E-state index in [2.05, 4.69) is 18.6 Å². The molecule has 0 saturated carbocycles. The third-order valence-electron chi connectivity index (χ3n) is 3.65. The molecule has 1 unspecified atom stereocenters. The van der Waals surface area contributed by atoms with Crippen molar-refractivity contribution < 1.29 is 23.9 Å². The van der Waals surface area contributed by atoms with Gasteiger partial charge in [-0.05, 0) is 24.0 Å². The minimum atomic E-state index is -1.31. The summed E-state index contributed by atoms with van der Waals surface area (Å²) in [5.74, 6) is -1.95. The Morgan fingerprint density at radius 2 is 1.54 bits per heavy atom. The third-order valence-corrected chi connectivity index (χ3v) is 3.65. The van der Waals surface area contributed by atoms with Crippen LogP contribution < -0.4 is 0 Å². The van der Waals surface area contributed by atoms with Gasteiger partial charge in [-0.15, -0.1) is 0 Å². The number of benzene rings is 2. The highest BCUT2D eigenvalue weighted by atomic mass is 16.6. The van der Waals surface area contributed by atoms with Crippen LogP contribution in [0.25, 0.3) is 0 Å². The van der Waals surface area contributed by atoms with E-state index in [1.165, 1.54) is 0 Å². The number of hydrogen-bond donors (Lipinski definition) is 0. The van der Waals surface area contributed by atoms with Crippen molar-refractivity contribution in [3.63, 3.8) is 0 Å². The first-order valence-electron chi connectivity index (χ1n) is 8.44. The molecule has 136 valence electrons. The van der Waals surface area contributed by atoms with Gasteiger partial charge in [0.05, 0.1) is 5.56 Å². The molecule has 0 aliphatic rings. The largest absolute Gasteiger partial charge is 0.442 e. The Hall–Kier alpha value is -2.95. The van der Waals surface area contributed by atoms with E-state index in [1.54, 1.807) is 42.5 Å². The summed E-state index contributed by atoms with van der Waals surface area (Å²) in [6.07, 6.45) is -0.598. The molecule has 5 heteroatoms. The highest BCUT2D eigenvalue weighted by Crippen LogP contribution is 2.23. The van der Waals surface area contributed by atoms with Gasteiger partial charge in [0.2, 0.25) is 6.10 Å². The zero-order chi connectivity index (χ0) is 19.1. The van der Waals surface area contributed by atoms with Gasteiger partial charge < -0.3 is 9.47 Å². The van der Waals surface area contributed by atoms with Crippen molar-refractivity contribution in [1.29, 1.82) is 0 Å². The van der Waals surface area contributed by atoms with Crippen molar-refractivity contribution >= 4 is 17.9 Å². The third kappa shape index (κ3) is 5.28. The summed E-state index contributed by atoms with van der Waals surface area (Å²) in [5.41, 5.74) is 1.69. The zero-order valence-corrected chi connectivity index (χ0v) is 15.1. The first kappa shape index (κ1) is 19.4. The van der Waals surface area contributed by atoms with E-state index in [9.17, 15) is 14.4 Å². The molecule has 26 heavy (non-hydrogen) atoms. The number of rotatable bonds is 6. The van der Waals surface area contributed by atoms with Crippen molar-refractivity contribution in [1.82, 2.24) is 0 Å². The fourth-order valence-electron chi connectivity index (χ4n) is 2.58. The lowest BCUT2D eigenvalue weighted by atomic mass is 9.98. The molecule has 0 spiro atoms. The SMILES string of the molecule is CC(=O)OC(=O)C(OC(=O)c1ccccc1CC(C)C)c1ccccc1. The lowest BCUT2D eigenvalue weighted by molar-refractivity contribution is -0.165. The molecular formula is C21H22O5. The minimum absolute atomic E-state index is 0.358. The summed E-state index contributed by atoms with van der Waals surface area (Å²) in [5, 5.41) is 0. The van der Waals surface area contributed by atoms with E-state index in [0.717, 1.165) is 12.5 Å². The molecule has 0 aliphatic carbocycles. The minimum Gasteiger partial charge on any atom is -0.442 e. The summed E-state index contributed by atoms with van der Waals surface area (Å²) in [7, 11) is 0. The van der Waals surface area contributed by atoms with Crippen molar-refractivity contribution in [3.05, 3.63) is 71.3 Å². The quantitative estimate of drug-likeness (QED) is 0.582. The van der Waals surface area contributed by atoms with Crippen LogP contribution in [0.5, 0.6) is 0 Å². The molecule has 1 atom stereocenters. The normalized spacial score (nSPS) is 11.7. The van der Waals surface area contributed by atoms with E-state index in [4.69, 9.17) is 4.74 Å². The van der Waals surface area contributed by atoms with Gasteiger partial charge in [0.1, 0.15) is 0 Å². The lowest BCUT2D eigenvalue weighted by Crippen LogP contribution is -2.24. The highest BCUT2D eigenvalue weighted by molar-refractivity contribution is 5.94. The van der Waals surface area contributed by atoms with Crippen LogP contribution in [-0.4, -0.2) is 17.9 Å². The summed E-state index contributed by atoms with van der Waals surface area (Å²) in [6, 6.07) is 15.6. The molecule has 0 fully saturated rings. The van der Waals surface area contributed by atoms with Crippen LogP contribution in [0.1, 0.15) is 48.4 Å². The van der Waals surface area contributed by atoms with Gasteiger partial charge in [0.25, 0.3) is 0 Å². The topological polar surface area (TPSA) is 69.7 Å².